The molecule has 1 saturated carbocycles. The first-order valence-electron chi connectivity index (χ1n) is 10.5. The maximum atomic E-state index is 13.3. The van der Waals surface area contributed by atoms with Gasteiger partial charge < -0.3 is 0 Å². The van der Waals surface area contributed by atoms with Gasteiger partial charge in [0.2, 0.25) is 0 Å². The summed E-state index contributed by atoms with van der Waals surface area (Å²) in [6.45, 7) is 2.30. The van der Waals surface area contributed by atoms with Crippen LogP contribution in [0.25, 0.3) is 10.8 Å². The molecule has 0 unspecified atom stereocenters. The molecule has 0 radical (unpaired) electrons. The Morgan fingerprint density at radius 1 is 0.786 bits per heavy atom. The average molecular weight is 371 g/mol. The Kier molecular flexibility index (Phi) is 5.77. The molecule has 3 aromatic carbocycles. The highest BCUT2D eigenvalue weighted by Gasteiger charge is 2.21. The van der Waals surface area contributed by atoms with Gasteiger partial charge in [0.25, 0.3) is 0 Å². The minimum atomic E-state index is -0.203. The van der Waals surface area contributed by atoms with Crippen LogP contribution in [-0.4, -0.2) is 0 Å². The molecule has 142 valence electrons. The van der Waals surface area contributed by atoms with Gasteiger partial charge in [-0.2, -0.15) is 0 Å². The van der Waals surface area contributed by atoms with Crippen molar-refractivity contribution in [2.45, 2.75) is 51.4 Å². The largest absolute Gasteiger partial charge is 0.207 e. The van der Waals surface area contributed by atoms with Crippen LogP contribution in [0.3, 0.4) is 0 Å². The van der Waals surface area contributed by atoms with Crippen molar-refractivity contribution in [3.05, 3.63) is 83.2 Å². The Labute approximate surface area is 167 Å². The fourth-order valence-electron chi connectivity index (χ4n) is 4.47. The summed E-state index contributed by atoms with van der Waals surface area (Å²) in [7, 11) is 0. The van der Waals surface area contributed by atoms with Crippen molar-refractivity contribution in [1.82, 2.24) is 0 Å². The van der Waals surface area contributed by atoms with Crippen LogP contribution in [-0.2, 0) is 0 Å². The van der Waals surface area contributed by atoms with E-state index in [1.165, 1.54) is 50.2 Å². The average Bonchev–Trinajstić information content (AvgIpc) is 2.73. The van der Waals surface area contributed by atoms with E-state index in [9.17, 15) is 4.39 Å². The third kappa shape index (κ3) is 4.45. The van der Waals surface area contributed by atoms with Gasteiger partial charge in [-0.15, -0.1) is 0 Å². The SMILES string of the molecule is CCCC1CCC(c2ccc(C#Cc3ccc4cc(F)ccc4c3)cc2)CC1. The van der Waals surface area contributed by atoms with Gasteiger partial charge in [-0.1, -0.05) is 55.9 Å². The first-order valence-corrected chi connectivity index (χ1v) is 10.5. The van der Waals surface area contributed by atoms with Crippen LogP contribution >= 0.6 is 0 Å². The number of halogens is 1. The Hall–Kier alpha value is -2.59. The molecule has 0 N–H and O–H groups in total. The number of hydrogen-bond donors (Lipinski definition) is 0. The highest BCUT2D eigenvalue weighted by atomic mass is 19.1. The highest BCUT2D eigenvalue weighted by molar-refractivity contribution is 5.83. The van der Waals surface area contributed by atoms with E-state index in [0.29, 0.717) is 0 Å². The van der Waals surface area contributed by atoms with Crippen LogP contribution in [0, 0.1) is 23.6 Å². The van der Waals surface area contributed by atoms with E-state index < -0.39 is 0 Å². The van der Waals surface area contributed by atoms with Crippen LogP contribution in [0.4, 0.5) is 4.39 Å². The lowest BCUT2D eigenvalue weighted by Gasteiger charge is -2.28. The molecule has 1 aliphatic rings. The summed E-state index contributed by atoms with van der Waals surface area (Å²) in [5.74, 6) is 7.97. The lowest BCUT2D eigenvalue weighted by molar-refractivity contribution is 0.308. The van der Waals surface area contributed by atoms with Crippen molar-refractivity contribution in [3.8, 4) is 11.8 Å². The first kappa shape index (κ1) is 18.8. The molecule has 28 heavy (non-hydrogen) atoms. The molecule has 0 aromatic heterocycles. The van der Waals surface area contributed by atoms with E-state index in [1.54, 1.807) is 12.1 Å². The summed E-state index contributed by atoms with van der Waals surface area (Å²) >= 11 is 0. The number of benzene rings is 3. The van der Waals surface area contributed by atoms with Crippen molar-refractivity contribution in [1.29, 1.82) is 0 Å². The summed E-state index contributed by atoms with van der Waals surface area (Å²) in [5.41, 5.74) is 3.47. The zero-order valence-electron chi connectivity index (χ0n) is 16.5. The van der Waals surface area contributed by atoms with Crippen LogP contribution < -0.4 is 0 Å². The smallest absolute Gasteiger partial charge is 0.123 e. The number of fused-ring (bicyclic) bond motifs is 1. The molecular weight excluding hydrogens is 343 g/mol. The van der Waals surface area contributed by atoms with E-state index in [1.807, 2.05) is 18.2 Å². The summed E-state index contributed by atoms with van der Waals surface area (Å²) in [5, 5.41) is 1.92. The second-order valence-electron chi connectivity index (χ2n) is 8.08. The van der Waals surface area contributed by atoms with Gasteiger partial charge >= 0.3 is 0 Å². The van der Waals surface area contributed by atoms with E-state index in [4.69, 9.17) is 0 Å². The molecule has 0 spiro atoms. The highest BCUT2D eigenvalue weighted by Crippen LogP contribution is 2.37. The van der Waals surface area contributed by atoms with Crippen molar-refractivity contribution in [2.75, 3.05) is 0 Å². The Bertz CT molecular complexity index is 996. The summed E-state index contributed by atoms with van der Waals surface area (Å²) in [4.78, 5) is 0. The lowest BCUT2D eigenvalue weighted by atomic mass is 9.77. The van der Waals surface area contributed by atoms with Gasteiger partial charge in [0.05, 0.1) is 0 Å². The fourth-order valence-corrected chi connectivity index (χ4v) is 4.47. The molecule has 0 amide bonds. The van der Waals surface area contributed by atoms with Gasteiger partial charge in [-0.05, 0) is 90.3 Å². The number of hydrogen-bond acceptors (Lipinski definition) is 0. The second-order valence-corrected chi connectivity index (χ2v) is 8.08. The van der Waals surface area contributed by atoms with Crippen molar-refractivity contribution in [2.24, 2.45) is 5.92 Å². The summed E-state index contributed by atoms with van der Waals surface area (Å²) < 4.78 is 13.3. The molecule has 0 atom stereocenters. The minimum absolute atomic E-state index is 0.203. The molecule has 0 heterocycles. The molecule has 4 rings (SSSR count). The second kappa shape index (κ2) is 8.61. The Morgan fingerprint density at radius 3 is 2.18 bits per heavy atom. The molecular formula is C27H27F. The van der Waals surface area contributed by atoms with Crippen LogP contribution in [0.2, 0.25) is 0 Å². The summed E-state index contributed by atoms with van der Waals surface area (Å²) in [6, 6.07) is 19.6. The molecule has 1 fully saturated rings. The van der Waals surface area contributed by atoms with Gasteiger partial charge in [0.15, 0.2) is 0 Å². The van der Waals surface area contributed by atoms with Gasteiger partial charge in [0.1, 0.15) is 5.82 Å². The zero-order valence-corrected chi connectivity index (χ0v) is 16.5. The molecule has 0 bridgehead atoms. The zero-order chi connectivity index (χ0) is 19.3. The molecule has 1 aliphatic carbocycles. The Balaban J connectivity index is 1.43. The van der Waals surface area contributed by atoms with Crippen molar-refractivity contribution in [3.63, 3.8) is 0 Å². The van der Waals surface area contributed by atoms with Crippen molar-refractivity contribution < 1.29 is 4.39 Å². The molecule has 0 aliphatic heterocycles. The Morgan fingerprint density at radius 2 is 1.43 bits per heavy atom. The fraction of sp³-hybridized carbons (Fsp3) is 0.333. The molecule has 3 aromatic rings. The quantitative estimate of drug-likeness (QED) is 0.420. The maximum absolute atomic E-state index is 13.3. The summed E-state index contributed by atoms with van der Waals surface area (Å²) in [6.07, 6.45) is 8.13. The minimum Gasteiger partial charge on any atom is -0.207 e. The third-order valence-corrected chi connectivity index (χ3v) is 6.08. The third-order valence-electron chi connectivity index (χ3n) is 6.08. The number of rotatable bonds is 3. The molecule has 0 nitrogen and oxygen atoms in total. The predicted molar refractivity (Wildman–Crippen MR) is 116 cm³/mol. The lowest BCUT2D eigenvalue weighted by Crippen LogP contribution is -2.13. The standard InChI is InChI=1S/C27H27F/c1-2-3-20-6-11-23(12-7-20)24-13-8-21(9-14-24)4-5-22-10-15-26-19-27(28)17-16-25(26)18-22/h8-10,13-20,23H,2-3,6-7,11-12H2,1H3. The van der Waals surface area contributed by atoms with E-state index in [-0.39, 0.29) is 5.82 Å². The van der Waals surface area contributed by atoms with Crippen LogP contribution in [0.1, 0.15) is 68.1 Å². The first-order chi connectivity index (χ1) is 13.7. The molecule has 1 heteroatoms. The topological polar surface area (TPSA) is 0 Å². The monoisotopic (exact) mass is 370 g/mol. The van der Waals surface area contributed by atoms with Crippen LogP contribution in [0.5, 0.6) is 0 Å². The van der Waals surface area contributed by atoms with Crippen molar-refractivity contribution >= 4 is 10.8 Å². The van der Waals surface area contributed by atoms with Gasteiger partial charge in [0, 0.05) is 11.1 Å². The van der Waals surface area contributed by atoms with Gasteiger partial charge in [-0.3, -0.25) is 0 Å². The molecule has 0 saturated heterocycles. The predicted octanol–water partition coefficient (Wildman–Crippen LogP) is 7.45. The normalized spacial score (nSPS) is 19.2. The van der Waals surface area contributed by atoms with E-state index in [2.05, 4.69) is 43.0 Å². The maximum Gasteiger partial charge on any atom is 0.123 e. The van der Waals surface area contributed by atoms with Gasteiger partial charge in [-0.25, -0.2) is 4.39 Å². The van der Waals surface area contributed by atoms with E-state index in [0.717, 1.165) is 33.7 Å². The van der Waals surface area contributed by atoms with Crippen LogP contribution in [0.15, 0.2) is 60.7 Å². The van der Waals surface area contributed by atoms with E-state index >= 15 is 0 Å².